The van der Waals surface area contributed by atoms with Crippen molar-refractivity contribution in [1.82, 2.24) is 0 Å². The second kappa shape index (κ2) is 6.20. The zero-order valence-electron chi connectivity index (χ0n) is 12.7. The van der Waals surface area contributed by atoms with E-state index in [0.717, 1.165) is 22.4 Å². The third-order valence-electron chi connectivity index (χ3n) is 3.69. The van der Waals surface area contributed by atoms with Crippen molar-refractivity contribution < 1.29 is 9.72 Å². The van der Waals surface area contributed by atoms with Crippen LogP contribution >= 0.6 is 0 Å². The molecule has 23 heavy (non-hydrogen) atoms. The van der Waals surface area contributed by atoms with Crippen molar-refractivity contribution in [2.24, 2.45) is 0 Å². The van der Waals surface area contributed by atoms with Crippen LogP contribution in [-0.2, 0) is 0 Å². The van der Waals surface area contributed by atoms with Gasteiger partial charge in [0.1, 0.15) is 23.1 Å². The maximum Gasteiger partial charge on any atom is 0.289 e. The highest BCUT2D eigenvalue weighted by atomic mass is 16.5. The van der Waals surface area contributed by atoms with Crippen molar-refractivity contribution in [3.05, 3.63) is 66.2 Å². The molecular weight excluding hydrogens is 286 g/mol. The van der Waals surface area contributed by atoms with Gasteiger partial charge in [-0.1, -0.05) is 48.5 Å². The summed E-state index contributed by atoms with van der Waals surface area (Å²) in [7, 11) is 1.61. The Morgan fingerprint density at radius 2 is 1.70 bits per heavy atom. The van der Waals surface area contributed by atoms with Crippen molar-refractivity contribution >= 4 is 5.82 Å². The number of H-pyrrole nitrogens is 1. The number of hydrogen-bond donors (Lipinski definition) is 1. The fourth-order valence-corrected chi connectivity index (χ4v) is 2.58. The molecule has 0 aliphatic carbocycles. The Hall–Kier alpha value is -3.32. The number of benzene rings is 2. The van der Waals surface area contributed by atoms with E-state index in [1.165, 1.54) is 0 Å². The van der Waals surface area contributed by atoms with Gasteiger partial charge >= 0.3 is 0 Å². The van der Waals surface area contributed by atoms with Gasteiger partial charge in [-0.2, -0.15) is 5.26 Å². The first-order valence-electron chi connectivity index (χ1n) is 7.19. The van der Waals surface area contributed by atoms with E-state index < -0.39 is 0 Å². The van der Waals surface area contributed by atoms with Crippen molar-refractivity contribution in [2.75, 3.05) is 12.8 Å². The van der Waals surface area contributed by atoms with Crippen LogP contribution in [0.15, 0.2) is 60.7 Å². The minimum atomic E-state index is 0.342. The Morgan fingerprint density at radius 1 is 1.00 bits per heavy atom. The predicted octanol–water partition coefficient (Wildman–Crippen LogP) is 3.30. The molecule has 3 rings (SSSR count). The molecule has 0 amide bonds. The van der Waals surface area contributed by atoms with Crippen LogP contribution in [0, 0.1) is 11.3 Å². The van der Waals surface area contributed by atoms with Gasteiger partial charge in [-0.25, -0.2) is 4.98 Å². The summed E-state index contributed by atoms with van der Waals surface area (Å²) in [5, 5.41) is 9.49. The van der Waals surface area contributed by atoms with Gasteiger partial charge in [0.25, 0.3) is 5.82 Å². The van der Waals surface area contributed by atoms with Gasteiger partial charge in [0.05, 0.1) is 7.11 Å². The molecule has 2 aromatic carbocycles. The summed E-state index contributed by atoms with van der Waals surface area (Å²) in [5.74, 6) is 1.04. The number of ether oxygens (including phenoxy) is 1. The van der Waals surface area contributed by atoms with Crippen molar-refractivity contribution in [3.63, 3.8) is 0 Å². The molecule has 0 spiro atoms. The number of methoxy groups -OCH3 is 1. The van der Waals surface area contributed by atoms with Crippen LogP contribution in [0.25, 0.3) is 22.4 Å². The Bertz CT molecular complexity index is 883. The Labute approximate surface area is 134 Å². The summed E-state index contributed by atoms with van der Waals surface area (Å²) >= 11 is 0. The second-order valence-corrected chi connectivity index (χ2v) is 5.06. The summed E-state index contributed by atoms with van der Waals surface area (Å²) in [6.45, 7) is 0. The second-order valence-electron chi connectivity index (χ2n) is 5.06. The molecular formula is C19H16N3O+. The van der Waals surface area contributed by atoms with E-state index in [0.29, 0.717) is 17.1 Å². The number of anilines is 1. The number of hydrogen-bond acceptors (Lipinski definition) is 3. The summed E-state index contributed by atoms with van der Waals surface area (Å²) < 4.78 is 5.42. The van der Waals surface area contributed by atoms with Crippen LogP contribution < -0.4 is 15.5 Å². The van der Waals surface area contributed by atoms with Crippen LogP contribution in [0.4, 0.5) is 5.82 Å². The highest BCUT2D eigenvalue weighted by Gasteiger charge is 2.19. The van der Waals surface area contributed by atoms with Crippen molar-refractivity contribution in [3.8, 4) is 34.2 Å². The van der Waals surface area contributed by atoms with E-state index in [-0.39, 0.29) is 0 Å². The Morgan fingerprint density at radius 3 is 2.39 bits per heavy atom. The Kier molecular flexibility index (Phi) is 3.94. The third-order valence-corrected chi connectivity index (χ3v) is 3.69. The molecule has 0 aliphatic heterocycles. The third kappa shape index (κ3) is 2.72. The quantitative estimate of drug-likeness (QED) is 0.806. The molecule has 0 fully saturated rings. The Balaban J connectivity index is 2.27. The predicted molar refractivity (Wildman–Crippen MR) is 89.5 cm³/mol. The molecule has 0 bridgehead atoms. The molecule has 0 unspecified atom stereocenters. The van der Waals surface area contributed by atoms with E-state index in [1.54, 1.807) is 7.11 Å². The zero-order chi connectivity index (χ0) is 16.2. The lowest BCUT2D eigenvalue weighted by molar-refractivity contribution is -0.346. The summed E-state index contributed by atoms with van der Waals surface area (Å²) in [6.07, 6.45) is 0. The molecule has 0 atom stereocenters. The van der Waals surface area contributed by atoms with Crippen LogP contribution in [0.2, 0.25) is 0 Å². The molecule has 112 valence electrons. The summed E-state index contributed by atoms with van der Waals surface area (Å²) in [6, 6.07) is 21.6. The number of nitrogens with two attached hydrogens (primary N) is 1. The number of aromatic nitrogens is 1. The van der Waals surface area contributed by atoms with Crippen LogP contribution in [-0.4, -0.2) is 7.11 Å². The van der Waals surface area contributed by atoms with Gasteiger partial charge in [-0.15, -0.1) is 0 Å². The smallest absolute Gasteiger partial charge is 0.289 e. The molecule has 4 heteroatoms. The number of aromatic amines is 1. The molecule has 4 nitrogen and oxygen atoms in total. The topological polar surface area (TPSA) is 73.2 Å². The first-order chi connectivity index (χ1) is 11.2. The lowest BCUT2D eigenvalue weighted by Gasteiger charge is -2.11. The molecule has 3 aromatic rings. The minimum absolute atomic E-state index is 0.342. The monoisotopic (exact) mass is 302 g/mol. The first-order valence-corrected chi connectivity index (χ1v) is 7.19. The van der Waals surface area contributed by atoms with Crippen molar-refractivity contribution in [1.29, 1.82) is 5.26 Å². The average molecular weight is 302 g/mol. The van der Waals surface area contributed by atoms with E-state index in [2.05, 4.69) is 11.1 Å². The fourth-order valence-electron chi connectivity index (χ4n) is 2.58. The van der Waals surface area contributed by atoms with Gasteiger partial charge in [0, 0.05) is 16.7 Å². The highest BCUT2D eigenvalue weighted by Crippen LogP contribution is 2.34. The lowest BCUT2D eigenvalue weighted by atomic mass is 9.97. The number of nitrogens with zero attached hydrogens (tertiary/aromatic N) is 1. The number of para-hydroxylation sites is 1. The SMILES string of the molecule is COc1ccccc1-c1cc(-c2ccccc2)[nH+]c(N)c1C#N. The summed E-state index contributed by atoms with van der Waals surface area (Å²) in [5.41, 5.74) is 9.93. The molecule has 0 aliphatic rings. The van der Waals surface area contributed by atoms with E-state index in [9.17, 15) is 5.26 Å². The van der Waals surface area contributed by atoms with Gasteiger partial charge in [0.15, 0.2) is 0 Å². The van der Waals surface area contributed by atoms with E-state index >= 15 is 0 Å². The maximum absolute atomic E-state index is 9.49. The van der Waals surface area contributed by atoms with Gasteiger partial charge < -0.3 is 4.74 Å². The minimum Gasteiger partial charge on any atom is -0.496 e. The molecule has 0 saturated heterocycles. The average Bonchev–Trinajstić information content (AvgIpc) is 2.61. The number of nitriles is 1. The maximum atomic E-state index is 9.49. The van der Waals surface area contributed by atoms with Gasteiger partial charge in [-0.05, 0) is 12.1 Å². The van der Waals surface area contributed by atoms with Crippen LogP contribution in [0.1, 0.15) is 5.56 Å². The van der Waals surface area contributed by atoms with E-state index in [4.69, 9.17) is 10.5 Å². The normalized spacial score (nSPS) is 10.1. The van der Waals surface area contributed by atoms with Crippen LogP contribution in [0.5, 0.6) is 5.75 Å². The fraction of sp³-hybridized carbons (Fsp3) is 0.0526. The highest BCUT2D eigenvalue weighted by molar-refractivity contribution is 5.81. The van der Waals surface area contributed by atoms with Crippen LogP contribution in [0.3, 0.4) is 0 Å². The first kappa shape index (κ1) is 14.6. The standard InChI is InChI=1S/C19H15N3O/c1-23-18-10-6-5-9-14(18)15-11-17(13-7-3-2-4-8-13)22-19(21)16(15)12-20/h2-11H,1H3,(H2,21,22)/p+1. The lowest BCUT2D eigenvalue weighted by Crippen LogP contribution is -2.16. The van der Waals surface area contributed by atoms with Crippen molar-refractivity contribution in [2.45, 2.75) is 0 Å². The van der Waals surface area contributed by atoms with E-state index in [1.807, 2.05) is 60.7 Å². The summed E-state index contributed by atoms with van der Waals surface area (Å²) in [4.78, 5) is 3.11. The van der Waals surface area contributed by atoms with Gasteiger partial charge in [0.2, 0.25) is 0 Å². The number of rotatable bonds is 3. The largest absolute Gasteiger partial charge is 0.496 e. The molecule has 0 saturated carbocycles. The molecule has 1 aromatic heterocycles. The number of pyridine rings is 1. The number of nitrogen functional groups attached to an aromatic ring is 1. The molecule has 3 N–H and O–H groups in total. The molecule has 1 heterocycles. The molecule has 0 radical (unpaired) electrons. The zero-order valence-corrected chi connectivity index (χ0v) is 12.7. The van der Waals surface area contributed by atoms with Gasteiger partial charge in [-0.3, -0.25) is 5.73 Å². The number of nitrogens with one attached hydrogen (secondary N) is 1.